The number of hydrogen-bond acceptors (Lipinski definition) is 4. The second-order valence-corrected chi connectivity index (χ2v) is 9.61. The molecule has 0 saturated heterocycles. The summed E-state index contributed by atoms with van der Waals surface area (Å²) in [7, 11) is 0. The van der Waals surface area contributed by atoms with E-state index in [1.807, 2.05) is 18.2 Å². The van der Waals surface area contributed by atoms with Crippen molar-refractivity contribution in [3.05, 3.63) is 53.1 Å². The number of ketones is 1. The van der Waals surface area contributed by atoms with E-state index in [2.05, 4.69) is 45.9 Å². The maximum atomic E-state index is 13.3. The van der Waals surface area contributed by atoms with Crippen LogP contribution in [0.25, 0.3) is 0 Å². The second-order valence-electron chi connectivity index (χ2n) is 9.61. The van der Waals surface area contributed by atoms with Crippen LogP contribution in [0.5, 0.6) is 11.5 Å². The normalized spacial score (nSPS) is 21.0. The van der Waals surface area contributed by atoms with Crippen molar-refractivity contribution in [2.45, 2.75) is 58.3 Å². The van der Waals surface area contributed by atoms with Crippen molar-refractivity contribution in [3.8, 4) is 11.5 Å². The van der Waals surface area contributed by atoms with Gasteiger partial charge in [0.25, 0.3) is 0 Å². The highest BCUT2D eigenvalue weighted by Crippen LogP contribution is 2.52. The Balaban J connectivity index is 1.37. The number of hydrogen-bond donors (Lipinski definition) is 0. The molecule has 1 saturated carbocycles. The molecule has 3 aliphatic rings. The van der Waals surface area contributed by atoms with E-state index in [1.54, 1.807) is 0 Å². The van der Waals surface area contributed by atoms with E-state index in [0.29, 0.717) is 18.1 Å². The lowest BCUT2D eigenvalue weighted by Gasteiger charge is -2.22. The lowest BCUT2D eigenvalue weighted by atomic mass is 9.81. The molecule has 5 rings (SSSR count). The zero-order valence-electron chi connectivity index (χ0n) is 17.5. The van der Waals surface area contributed by atoms with Crippen LogP contribution in [0.4, 0.5) is 5.69 Å². The molecule has 1 aliphatic carbocycles. The summed E-state index contributed by atoms with van der Waals surface area (Å²) in [5.41, 5.74) is 5.33. The van der Waals surface area contributed by atoms with Gasteiger partial charge in [-0.25, -0.2) is 0 Å². The summed E-state index contributed by atoms with van der Waals surface area (Å²) in [5.74, 6) is 2.10. The monoisotopic (exact) mass is 389 g/mol. The first-order valence-corrected chi connectivity index (χ1v) is 10.4. The molecule has 4 heteroatoms. The van der Waals surface area contributed by atoms with Crippen molar-refractivity contribution in [2.24, 2.45) is 10.4 Å². The number of Topliss-reactive ketones (excluding diaryl/α,β-unsaturated/α-hetero) is 1. The number of carbonyl (C=O) groups is 1. The quantitative estimate of drug-likeness (QED) is 0.694. The molecule has 1 unspecified atom stereocenters. The Morgan fingerprint density at radius 3 is 2.59 bits per heavy atom. The second kappa shape index (κ2) is 6.19. The van der Waals surface area contributed by atoms with Gasteiger partial charge in [-0.15, -0.1) is 0 Å². The van der Waals surface area contributed by atoms with Crippen molar-refractivity contribution in [1.29, 1.82) is 0 Å². The molecule has 1 atom stereocenters. The number of aliphatic imine (C=N–C) groups is 1. The fraction of sp³-hybridized carbons (Fsp3) is 0.440. The first kappa shape index (κ1) is 18.4. The van der Waals surface area contributed by atoms with Gasteiger partial charge in [0.05, 0.1) is 11.1 Å². The summed E-state index contributed by atoms with van der Waals surface area (Å²) in [4.78, 5) is 18.2. The van der Waals surface area contributed by atoms with E-state index in [-0.39, 0.29) is 17.6 Å². The van der Waals surface area contributed by atoms with Crippen LogP contribution in [0, 0.1) is 5.41 Å². The minimum absolute atomic E-state index is 0.0475. The third-order valence-corrected chi connectivity index (χ3v) is 6.55. The molecule has 4 nitrogen and oxygen atoms in total. The highest BCUT2D eigenvalue weighted by atomic mass is 16.7. The van der Waals surface area contributed by atoms with Gasteiger partial charge in [-0.05, 0) is 47.7 Å². The summed E-state index contributed by atoms with van der Waals surface area (Å²) in [5, 5.41) is 0. The van der Waals surface area contributed by atoms with E-state index in [1.165, 1.54) is 11.3 Å². The smallest absolute Gasteiger partial charge is 0.231 e. The lowest BCUT2D eigenvalue weighted by molar-refractivity contribution is -0.120. The topological polar surface area (TPSA) is 47.9 Å². The zero-order chi connectivity index (χ0) is 20.4. The Hall–Kier alpha value is -2.62. The molecule has 2 heterocycles. The van der Waals surface area contributed by atoms with E-state index in [9.17, 15) is 4.79 Å². The van der Waals surface area contributed by atoms with Crippen molar-refractivity contribution >= 4 is 17.2 Å². The van der Waals surface area contributed by atoms with Gasteiger partial charge in [-0.2, -0.15) is 0 Å². The predicted octanol–water partition coefficient (Wildman–Crippen LogP) is 5.49. The third kappa shape index (κ3) is 2.97. The van der Waals surface area contributed by atoms with Crippen molar-refractivity contribution in [2.75, 3.05) is 6.79 Å². The van der Waals surface area contributed by atoms with E-state index in [4.69, 9.17) is 14.5 Å². The maximum absolute atomic E-state index is 13.3. The number of benzene rings is 2. The van der Waals surface area contributed by atoms with Crippen LogP contribution in [0.3, 0.4) is 0 Å². The largest absolute Gasteiger partial charge is 0.454 e. The molecule has 2 aliphatic heterocycles. The Bertz CT molecular complexity index is 1040. The van der Waals surface area contributed by atoms with Crippen LogP contribution in [0.15, 0.2) is 41.4 Å². The Labute approximate surface area is 171 Å². The molecule has 2 aromatic rings. The van der Waals surface area contributed by atoms with Gasteiger partial charge in [0.2, 0.25) is 6.79 Å². The van der Waals surface area contributed by atoms with Gasteiger partial charge in [0.15, 0.2) is 11.5 Å². The molecular formula is C25H27NO3. The molecule has 150 valence electrons. The molecule has 0 aromatic heterocycles. The average Bonchev–Trinajstić information content (AvgIpc) is 3.24. The minimum Gasteiger partial charge on any atom is -0.454 e. The Morgan fingerprint density at radius 2 is 1.86 bits per heavy atom. The number of ether oxygens (including phenoxy) is 2. The molecule has 1 fully saturated rings. The van der Waals surface area contributed by atoms with Gasteiger partial charge in [-0.1, -0.05) is 45.9 Å². The number of fused-ring (bicyclic) bond motifs is 2. The molecule has 2 aromatic carbocycles. The summed E-state index contributed by atoms with van der Waals surface area (Å²) in [6, 6.07) is 12.3. The molecule has 29 heavy (non-hydrogen) atoms. The number of nitrogens with zero attached hydrogens (tertiary/aromatic N) is 1. The zero-order valence-corrected chi connectivity index (χ0v) is 17.5. The van der Waals surface area contributed by atoms with Gasteiger partial charge in [0, 0.05) is 23.5 Å². The number of carbonyl (C=O) groups excluding carboxylic acids is 1. The van der Waals surface area contributed by atoms with Gasteiger partial charge >= 0.3 is 0 Å². The molecule has 0 N–H and O–H groups in total. The summed E-state index contributed by atoms with van der Waals surface area (Å²) in [6.07, 6.45) is 2.27. The van der Waals surface area contributed by atoms with Crippen LogP contribution in [0.2, 0.25) is 0 Å². The number of rotatable bonds is 4. The summed E-state index contributed by atoms with van der Waals surface area (Å²) < 4.78 is 10.9. The molecule has 0 radical (unpaired) electrons. The van der Waals surface area contributed by atoms with Crippen LogP contribution in [0.1, 0.15) is 63.1 Å². The lowest BCUT2D eigenvalue weighted by Crippen LogP contribution is -2.23. The standard InChI is InChI=1S/C25H27NO3/c1-15-18-11-16(5-7-19(18)26-23(15)24(2,3)4)12-22(27)25(9-10-25)17-6-8-20-21(13-17)29-14-28-20/h5-8,11,13,15H,9-10,12,14H2,1-4H3. The predicted molar refractivity (Wildman–Crippen MR) is 114 cm³/mol. The highest BCUT2D eigenvalue weighted by Gasteiger charge is 2.50. The van der Waals surface area contributed by atoms with Gasteiger partial charge < -0.3 is 9.47 Å². The highest BCUT2D eigenvalue weighted by molar-refractivity contribution is 6.01. The van der Waals surface area contributed by atoms with E-state index >= 15 is 0 Å². The summed E-state index contributed by atoms with van der Waals surface area (Å²) >= 11 is 0. The van der Waals surface area contributed by atoms with Gasteiger partial charge in [-0.3, -0.25) is 9.79 Å². The maximum Gasteiger partial charge on any atom is 0.231 e. The van der Waals surface area contributed by atoms with E-state index < -0.39 is 0 Å². The fourth-order valence-corrected chi connectivity index (χ4v) is 4.76. The molecule has 0 bridgehead atoms. The van der Waals surface area contributed by atoms with Gasteiger partial charge in [0.1, 0.15) is 5.78 Å². The van der Waals surface area contributed by atoms with Crippen LogP contribution in [-0.2, 0) is 16.6 Å². The molecule has 0 amide bonds. The van der Waals surface area contributed by atoms with Crippen LogP contribution < -0.4 is 9.47 Å². The van der Waals surface area contributed by atoms with Crippen LogP contribution in [-0.4, -0.2) is 18.3 Å². The Kier molecular flexibility index (Phi) is 3.93. The average molecular weight is 389 g/mol. The molecule has 0 spiro atoms. The fourth-order valence-electron chi connectivity index (χ4n) is 4.76. The first-order chi connectivity index (χ1) is 13.8. The van der Waals surface area contributed by atoms with Crippen molar-refractivity contribution in [1.82, 2.24) is 0 Å². The van der Waals surface area contributed by atoms with Crippen molar-refractivity contribution < 1.29 is 14.3 Å². The summed E-state index contributed by atoms with van der Waals surface area (Å²) in [6.45, 7) is 9.10. The van der Waals surface area contributed by atoms with E-state index in [0.717, 1.165) is 41.2 Å². The van der Waals surface area contributed by atoms with Crippen molar-refractivity contribution in [3.63, 3.8) is 0 Å². The van der Waals surface area contributed by atoms with Crippen LogP contribution >= 0.6 is 0 Å². The minimum atomic E-state index is -0.362. The Morgan fingerprint density at radius 1 is 1.10 bits per heavy atom. The first-order valence-electron chi connectivity index (χ1n) is 10.4. The molecular weight excluding hydrogens is 362 g/mol. The SMILES string of the molecule is CC1C(C(C)(C)C)=Nc2ccc(CC(=O)C3(c4ccc5c(c4)OCO5)CC3)cc21. The third-order valence-electron chi connectivity index (χ3n) is 6.55.